The Hall–Kier alpha value is -2.62. The molecule has 0 saturated heterocycles. The highest BCUT2D eigenvalue weighted by Crippen LogP contribution is 2.30. The number of rotatable bonds is 5. The van der Waals surface area contributed by atoms with E-state index >= 15 is 0 Å². The fourth-order valence-electron chi connectivity index (χ4n) is 2.47. The van der Waals surface area contributed by atoms with E-state index in [1.807, 2.05) is 43.3 Å². The van der Waals surface area contributed by atoms with Crippen molar-refractivity contribution >= 4 is 17.5 Å². The summed E-state index contributed by atoms with van der Waals surface area (Å²) in [6.45, 7) is 1.94. The Kier molecular flexibility index (Phi) is 4.42. The number of para-hydroxylation sites is 1. The van der Waals surface area contributed by atoms with Crippen LogP contribution in [0.5, 0.6) is 0 Å². The Morgan fingerprint density at radius 1 is 1.00 bits per heavy atom. The summed E-state index contributed by atoms with van der Waals surface area (Å²) in [5, 5.41) is 5.85. The van der Waals surface area contributed by atoms with Gasteiger partial charge in [-0.25, -0.2) is 0 Å². The van der Waals surface area contributed by atoms with Gasteiger partial charge in [-0.1, -0.05) is 42.5 Å². The SMILES string of the molecule is C[C@@H](NC(=O)c1ccccc1NC(=O)C1CC1)c1ccccc1. The molecule has 0 aromatic heterocycles. The number of hydrogen-bond donors (Lipinski definition) is 2. The van der Waals surface area contributed by atoms with Gasteiger partial charge in [0.2, 0.25) is 5.91 Å². The Balaban J connectivity index is 1.73. The number of carbonyl (C=O) groups excluding carboxylic acids is 2. The molecule has 1 aliphatic carbocycles. The molecule has 1 aliphatic rings. The Morgan fingerprint density at radius 2 is 1.65 bits per heavy atom. The molecule has 2 amide bonds. The number of carbonyl (C=O) groups is 2. The standard InChI is InChI=1S/C19H20N2O2/c1-13(14-7-3-2-4-8-14)20-19(23)16-9-5-6-10-17(16)21-18(22)15-11-12-15/h2-10,13,15H,11-12H2,1H3,(H,20,23)(H,21,22)/t13-/m1/s1. The molecular formula is C19H20N2O2. The van der Waals surface area contributed by atoms with Crippen LogP contribution in [0.25, 0.3) is 0 Å². The van der Waals surface area contributed by atoms with Crippen molar-refractivity contribution in [3.05, 3.63) is 65.7 Å². The highest BCUT2D eigenvalue weighted by molar-refractivity contribution is 6.04. The van der Waals surface area contributed by atoms with Crippen molar-refractivity contribution in [2.45, 2.75) is 25.8 Å². The van der Waals surface area contributed by atoms with Gasteiger partial charge < -0.3 is 10.6 Å². The molecule has 0 heterocycles. The van der Waals surface area contributed by atoms with E-state index in [0.29, 0.717) is 11.3 Å². The largest absolute Gasteiger partial charge is 0.345 e. The molecule has 0 unspecified atom stereocenters. The summed E-state index contributed by atoms with van der Waals surface area (Å²) >= 11 is 0. The molecule has 1 saturated carbocycles. The average Bonchev–Trinajstić information content (AvgIpc) is 3.41. The molecule has 1 atom stereocenters. The third kappa shape index (κ3) is 3.77. The molecule has 118 valence electrons. The van der Waals surface area contributed by atoms with Crippen molar-refractivity contribution in [1.29, 1.82) is 0 Å². The number of amides is 2. The molecular weight excluding hydrogens is 288 g/mol. The summed E-state index contributed by atoms with van der Waals surface area (Å²) in [6.07, 6.45) is 1.87. The van der Waals surface area contributed by atoms with Gasteiger partial charge in [0.05, 0.1) is 17.3 Å². The summed E-state index contributed by atoms with van der Waals surface area (Å²) in [4.78, 5) is 24.5. The van der Waals surface area contributed by atoms with Gasteiger partial charge in [-0.15, -0.1) is 0 Å². The van der Waals surface area contributed by atoms with Gasteiger partial charge in [-0.05, 0) is 37.5 Å². The number of hydrogen-bond acceptors (Lipinski definition) is 2. The first-order chi connectivity index (χ1) is 11.1. The van der Waals surface area contributed by atoms with Crippen LogP contribution < -0.4 is 10.6 Å². The summed E-state index contributed by atoms with van der Waals surface area (Å²) in [6, 6.07) is 16.8. The van der Waals surface area contributed by atoms with Crippen LogP contribution in [-0.4, -0.2) is 11.8 Å². The van der Waals surface area contributed by atoms with Crippen molar-refractivity contribution in [1.82, 2.24) is 5.32 Å². The van der Waals surface area contributed by atoms with Crippen LogP contribution in [0, 0.1) is 5.92 Å². The maximum absolute atomic E-state index is 12.6. The topological polar surface area (TPSA) is 58.2 Å². The molecule has 3 rings (SSSR count). The second kappa shape index (κ2) is 6.65. The van der Waals surface area contributed by atoms with Crippen LogP contribution in [0.15, 0.2) is 54.6 Å². The summed E-state index contributed by atoms with van der Waals surface area (Å²) in [7, 11) is 0. The van der Waals surface area contributed by atoms with Gasteiger partial charge in [0.25, 0.3) is 5.91 Å². The molecule has 23 heavy (non-hydrogen) atoms. The van der Waals surface area contributed by atoms with Crippen molar-refractivity contribution in [2.75, 3.05) is 5.32 Å². The second-order valence-corrected chi connectivity index (χ2v) is 5.91. The molecule has 1 fully saturated rings. The van der Waals surface area contributed by atoms with Gasteiger partial charge in [0, 0.05) is 5.92 Å². The zero-order chi connectivity index (χ0) is 16.2. The minimum Gasteiger partial charge on any atom is -0.345 e. The zero-order valence-electron chi connectivity index (χ0n) is 13.1. The average molecular weight is 308 g/mol. The van der Waals surface area contributed by atoms with Gasteiger partial charge in [0.1, 0.15) is 0 Å². The summed E-state index contributed by atoms with van der Waals surface area (Å²) < 4.78 is 0. The molecule has 2 aromatic carbocycles. The quantitative estimate of drug-likeness (QED) is 0.888. The van der Waals surface area contributed by atoms with Crippen LogP contribution >= 0.6 is 0 Å². The van der Waals surface area contributed by atoms with Crippen LogP contribution in [0.1, 0.15) is 41.7 Å². The molecule has 2 N–H and O–H groups in total. The first-order valence-corrected chi connectivity index (χ1v) is 7.91. The summed E-state index contributed by atoms with van der Waals surface area (Å²) in [5.74, 6) is -0.0798. The van der Waals surface area contributed by atoms with Crippen LogP contribution in [0.4, 0.5) is 5.69 Å². The van der Waals surface area contributed by atoms with E-state index < -0.39 is 0 Å². The fourth-order valence-corrected chi connectivity index (χ4v) is 2.47. The lowest BCUT2D eigenvalue weighted by molar-refractivity contribution is -0.117. The first-order valence-electron chi connectivity index (χ1n) is 7.91. The normalized spacial score (nSPS) is 14.8. The molecule has 0 spiro atoms. The zero-order valence-corrected chi connectivity index (χ0v) is 13.1. The molecule has 4 nitrogen and oxygen atoms in total. The lowest BCUT2D eigenvalue weighted by Gasteiger charge is -2.16. The van der Waals surface area contributed by atoms with E-state index in [0.717, 1.165) is 18.4 Å². The van der Waals surface area contributed by atoms with Gasteiger partial charge in [-0.2, -0.15) is 0 Å². The van der Waals surface area contributed by atoms with E-state index in [2.05, 4.69) is 10.6 Å². The predicted molar refractivity (Wildman–Crippen MR) is 90.1 cm³/mol. The van der Waals surface area contributed by atoms with Crippen LogP contribution in [0.3, 0.4) is 0 Å². The maximum atomic E-state index is 12.6. The molecule has 0 radical (unpaired) electrons. The smallest absolute Gasteiger partial charge is 0.253 e. The van der Waals surface area contributed by atoms with E-state index in [1.54, 1.807) is 18.2 Å². The third-order valence-electron chi connectivity index (χ3n) is 4.02. The molecule has 2 aromatic rings. The Labute approximate surface area is 135 Å². The minimum absolute atomic E-state index is 0.00126. The van der Waals surface area contributed by atoms with Crippen molar-refractivity contribution < 1.29 is 9.59 Å². The number of anilines is 1. The molecule has 0 bridgehead atoms. The van der Waals surface area contributed by atoms with Crippen molar-refractivity contribution in [2.24, 2.45) is 5.92 Å². The minimum atomic E-state index is -0.187. The number of nitrogens with one attached hydrogen (secondary N) is 2. The van der Waals surface area contributed by atoms with Crippen molar-refractivity contribution in [3.63, 3.8) is 0 Å². The van der Waals surface area contributed by atoms with Gasteiger partial charge in [-0.3, -0.25) is 9.59 Å². The summed E-state index contributed by atoms with van der Waals surface area (Å²) in [5.41, 5.74) is 2.10. The van der Waals surface area contributed by atoms with E-state index in [9.17, 15) is 9.59 Å². The van der Waals surface area contributed by atoms with E-state index in [1.165, 1.54) is 0 Å². The lowest BCUT2D eigenvalue weighted by Crippen LogP contribution is -2.28. The van der Waals surface area contributed by atoms with Gasteiger partial charge in [0.15, 0.2) is 0 Å². The Bertz CT molecular complexity index is 708. The number of benzene rings is 2. The fraction of sp³-hybridized carbons (Fsp3) is 0.263. The highest BCUT2D eigenvalue weighted by Gasteiger charge is 2.30. The Morgan fingerprint density at radius 3 is 2.35 bits per heavy atom. The maximum Gasteiger partial charge on any atom is 0.253 e. The van der Waals surface area contributed by atoms with E-state index in [-0.39, 0.29) is 23.8 Å². The highest BCUT2D eigenvalue weighted by atomic mass is 16.2. The van der Waals surface area contributed by atoms with Gasteiger partial charge >= 0.3 is 0 Å². The first kappa shape index (κ1) is 15.3. The molecule has 0 aliphatic heterocycles. The second-order valence-electron chi connectivity index (χ2n) is 5.91. The lowest BCUT2D eigenvalue weighted by atomic mass is 10.1. The molecule has 4 heteroatoms. The van der Waals surface area contributed by atoms with Crippen molar-refractivity contribution in [3.8, 4) is 0 Å². The van der Waals surface area contributed by atoms with Crippen LogP contribution in [0.2, 0.25) is 0 Å². The van der Waals surface area contributed by atoms with E-state index in [4.69, 9.17) is 0 Å². The predicted octanol–water partition coefficient (Wildman–Crippen LogP) is 3.53. The van der Waals surface area contributed by atoms with Crippen LogP contribution in [-0.2, 0) is 4.79 Å². The third-order valence-corrected chi connectivity index (χ3v) is 4.02. The monoisotopic (exact) mass is 308 g/mol.